The maximum atomic E-state index is 13.9. The molecule has 0 heterocycles. The zero-order chi connectivity index (χ0) is 14.0. The molecular weight excluding hydrogens is 244 g/mol. The van der Waals surface area contributed by atoms with Crippen LogP contribution >= 0.6 is 0 Å². The molecule has 1 unspecified atom stereocenters. The predicted molar refractivity (Wildman–Crippen MR) is 72.8 cm³/mol. The standard InChI is InChI=1S/C16H17F2N/c1-11-7-8-15(18)13(9-11)16(2,19)10-12-5-3-4-6-14(12)17/h3-9H,10,19H2,1-2H3. The van der Waals surface area contributed by atoms with Crippen molar-refractivity contribution in [3.05, 3.63) is 70.8 Å². The van der Waals surface area contributed by atoms with Crippen molar-refractivity contribution in [1.82, 2.24) is 0 Å². The Hall–Kier alpha value is -1.74. The molecule has 1 atom stereocenters. The number of rotatable bonds is 3. The van der Waals surface area contributed by atoms with E-state index >= 15 is 0 Å². The van der Waals surface area contributed by atoms with Crippen LogP contribution in [0.5, 0.6) is 0 Å². The Labute approximate surface area is 112 Å². The molecule has 0 aromatic heterocycles. The van der Waals surface area contributed by atoms with E-state index in [1.807, 2.05) is 6.92 Å². The van der Waals surface area contributed by atoms with Gasteiger partial charge in [-0.05, 0) is 38.0 Å². The smallest absolute Gasteiger partial charge is 0.128 e. The Balaban J connectivity index is 2.37. The van der Waals surface area contributed by atoms with Crippen molar-refractivity contribution < 1.29 is 8.78 Å². The van der Waals surface area contributed by atoms with Crippen molar-refractivity contribution in [3.8, 4) is 0 Å². The van der Waals surface area contributed by atoms with Gasteiger partial charge < -0.3 is 5.73 Å². The molecule has 2 N–H and O–H groups in total. The summed E-state index contributed by atoms with van der Waals surface area (Å²) >= 11 is 0. The highest BCUT2D eigenvalue weighted by Crippen LogP contribution is 2.27. The van der Waals surface area contributed by atoms with Gasteiger partial charge in [-0.3, -0.25) is 0 Å². The molecule has 0 aliphatic carbocycles. The lowest BCUT2D eigenvalue weighted by Gasteiger charge is -2.26. The van der Waals surface area contributed by atoms with Crippen LogP contribution < -0.4 is 5.73 Å². The molecule has 0 saturated carbocycles. The molecule has 100 valence electrons. The monoisotopic (exact) mass is 261 g/mol. The molecule has 0 aliphatic heterocycles. The minimum atomic E-state index is -0.946. The van der Waals surface area contributed by atoms with Crippen LogP contribution in [0, 0.1) is 18.6 Å². The van der Waals surface area contributed by atoms with Gasteiger partial charge in [-0.2, -0.15) is 0 Å². The molecular formula is C16H17F2N. The maximum absolute atomic E-state index is 13.9. The Bertz CT molecular complexity index is 591. The SMILES string of the molecule is Cc1ccc(F)c(C(C)(N)Cc2ccccc2F)c1. The molecule has 1 nitrogen and oxygen atoms in total. The van der Waals surface area contributed by atoms with E-state index in [-0.39, 0.29) is 18.1 Å². The molecule has 0 radical (unpaired) electrons. The summed E-state index contributed by atoms with van der Waals surface area (Å²) in [5, 5.41) is 0. The normalized spacial score (nSPS) is 14.2. The summed E-state index contributed by atoms with van der Waals surface area (Å²) in [5.74, 6) is -0.667. The number of halogens is 2. The van der Waals surface area contributed by atoms with E-state index in [4.69, 9.17) is 5.73 Å². The van der Waals surface area contributed by atoms with E-state index in [0.29, 0.717) is 11.1 Å². The van der Waals surface area contributed by atoms with Gasteiger partial charge in [0.2, 0.25) is 0 Å². The van der Waals surface area contributed by atoms with Gasteiger partial charge >= 0.3 is 0 Å². The van der Waals surface area contributed by atoms with E-state index < -0.39 is 5.54 Å². The highest BCUT2D eigenvalue weighted by molar-refractivity contribution is 5.32. The van der Waals surface area contributed by atoms with E-state index in [1.54, 1.807) is 37.3 Å². The summed E-state index contributed by atoms with van der Waals surface area (Å²) in [6, 6.07) is 11.2. The van der Waals surface area contributed by atoms with Crippen LogP contribution in [0.4, 0.5) is 8.78 Å². The highest BCUT2D eigenvalue weighted by atomic mass is 19.1. The minimum Gasteiger partial charge on any atom is -0.321 e. The van der Waals surface area contributed by atoms with Crippen LogP contribution in [-0.4, -0.2) is 0 Å². The summed E-state index contributed by atoms with van der Waals surface area (Å²) in [6.45, 7) is 3.60. The molecule has 2 aromatic carbocycles. The first-order chi connectivity index (χ1) is 8.90. The number of nitrogens with two attached hydrogens (primary N) is 1. The molecule has 0 spiro atoms. The van der Waals surface area contributed by atoms with Gasteiger partial charge in [-0.25, -0.2) is 8.78 Å². The van der Waals surface area contributed by atoms with Gasteiger partial charge in [0.05, 0.1) is 0 Å². The molecule has 19 heavy (non-hydrogen) atoms. The molecule has 0 saturated heterocycles. The van der Waals surface area contributed by atoms with E-state index in [1.165, 1.54) is 12.1 Å². The predicted octanol–water partition coefficient (Wildman–Crippen LogP) is 3.69. The van der Waals surface area contributed by atoms with Crippen molar-refractivity contribution >= 4 is 0 Å². The second-order valence-electron chi connectivity index (χ2n) is 5.17. The molecule has 2 aromatic rings. The molecule has 3 heteroatoms. The van der Waals surface area contributed by atoms with Crippen molar-refractivity contribution in [2.75, 3.05) is 0 Å². The van der Waals surface area contributed by atoms with Gasteiger partial charge in [0.15, 0.2) is 0 Å². The van der Waals surface area contributed by atoms with Crippen LogP contribution in [0.15, 0.2) is 42.5 Å². The van der Waals surface area contributed by atoms with Crippen LogP contribution in [0.3, 0.4) is 0 Å². The third-order valence-corrected chi connectivity index (χ3v) is 3.25. The largest absolute Gasteiger partial charge is 0.321 e. The lowest BCUT2D eigenvalue weighted by Crippen LogP contribution is -2.36. The van der Waals surface area contributed by atoms with E-state index in [0.717, 1.165) is 5.56 Å². The Morgan fingerprint density at radius 3 is 2.42 bits per heavy atom. The van der Waals surface area contributed by atoms with Gasteiger partial charge in [-0.15, -0.1) is 0 Å². The van der Waals surface area contributed by atoms with Crippen LogP contribution in [0.1, 0.15) is 23.6 Å². The fourth-order valence-corrected chi connectivity index (χ4v) is 2.21. The first-order valence-corrected chi connectivity index (χ1v) is 6.19. The topological polar surface area (TPSA) is 26.0 Å². The fraction of sp³-hybridized carbons (Fsp3) is 0.250. The summed E-state index contributed by atoms with van der Waals surface area (Å²) in [6.07, 6.45) is 0.250. The van der Waals surface area contributed by atoms with Crippen LogP contribution in [0.2, 0.25) is 0 Å². The Morgan fingerprint density at radius 1 is 1.05 bits per heavy atom. The summed E-state index contributed by atoms with van der Waals surface area (Å²) < 4.78 is 27.6. The number of aryl methyl sites for hydroxylation is 1. The number of benzene rings is 2. The zero-order valence-electron chi connectivity index (χ0n) is 11.1. The molecule has 0 amide bonds. The Kier molecular flexibility index (Phi) is 3.67. The summed E-state index contributed by atoms with van der Waals surface area (Å²) in [5.41, 5.74) is 7.09. The first-order valence-electron chi connectivity index (χ1n) is 6.19. The van der Waals surface area contributed by atoms with Crippen molar-refractivity contribution in [2.45, 2.75) is 25.8 Å². The van der Waals surface area contributed by atoms with Gasteiger partial charge in [0.25, 0.3) is 0 Å². The summed E-state index contributed by atoms with van der Waals surface area (Å²) in [7, 11) is 0. The maximum Gasteiger partial charge on any atom is 0.128 e. The molecule has 0 bridgehead atoms. The van der Waals surface area contributed by atoms with Crippen molar-refractivity contribution in [3.63, 3.8) is 0 Å². The Morgan fingerprint density at radius 2 is 1.74 bits per heavy atom. The van der Waals surface area contributed by atoms with Crippen molar-refractivity contribution in [1.29, 1.82) is 0 Å². The molecule has 2 rings (SSSR count). The number of hydrogen-bond donors (Lipinski definition) is 1. The van der Waals surface area contributed by atoms with Crippen LogP contribution in [-0.2, 0) is 12.0 Å². The highest BCUT2D eigenvalue weighted by Gasteiger charge is 2.26. The minimum absolute atomic E-state index is 0.250. The fourth-order valence-electron chi connectivity index (χ4n) is 2.21. The molecule has 0 aliphatic rings. The van der Waals surface area contributed by atoms with Crippen molar-refractivity contribution in [2.24, 2.45) is 5.73 Å². The van der Waals surface area contributed by atoms with Crippen LogP contribution in [0.25, 0.3) is 0 Å². The third kappa shape index (κ3) is 2.99. The van der Waals surface area contributed by atoms with Gasteiger partial charge in [-0.1, -0.05) is 35.9 Å². The van der Waals surface area contributed by atoms with Gasteiger partial charge in [0, 0.05) is 11.1 Å². The third-order valence-electron chi connectivity index (χ3n) is 3.25. The molecule has 0 fully saturated rings. The summed E-state index contributed by atoms with van der Waals surface area (Å²) in [4.78, 5) is 0. The van der Waals surface area contributed by atoms with Gasteiger partial charge in [0.1, 0.15) is 11.6 Å². The first kappa shape index (κ1) is 13.7. The average Bonchev–Trinajstić information content (AvgIpc) is 2.35. The number of hydrogen-bond acceptors (Lipinski definition) is 1. The average molecular weight is 261 g/mol. The second kappa shape index (κ2) is 5.10. The lowest BCUT2D eigenvalue weighted by atomic mass is 9.85. The van der Waals surface area contributed by atoms with E-state index in [9.17, 15) is 8.78 Å². The van der Waals surface area contributed by atoms with E-state index in [2.05, 4.69) is 0 Å². The second-order valence-corrected chi connectivity index (χ2v) is 5.17. The quantitative estimate of drug-likeness (QED) is 0.896. The zero-order valence-corrected chi connectivity index (χ0v) is 11.1. The lowest BCUT2D eigenvalue weighted by molar-refractivity contribution is 0.446.